The van der Waals surface area contributed by atoms with Crippen molar-refractivity contribution in [2.45, 2.75) is 38.5 Å². The monoisotopic (exact) mass is 192 g/mol. The van der Waals surface area contributed by atoms with Gasteiger partial charge in [-0.3, -0.25) is 0 Å². The molecule has 0 aromatic carbocycles. The molecule has 0 saturated heterocycles. The Bertz CT molecular complexity index is 346. The minimum Gasteiger partial charge on any atom is -0.367 e. The second-order valence-electron chi connectivity index (χ2n) is 4.70. The van der Waals surface area contributed by atoms with Gasteiger partial charge in [-0.15, -0.1) is 0 Å². The third-order valence-corrected chi connectivity index (χ3v) is 3.97. The van der Waals surface area contributed by atoms with Crippen molar-refractivity contribution in [2.75, 3.05) is 5.73 Å². The van der Waals surface area contributed by atoms with Gasteiger partial charge in [0.25, 0.3) is 0 Å². The fraction of sp³-hybridized carbons (Fsp3) is 0.727. The predicted octanol–water partition coefficient (Wildman–Crippen LogP) is 2.47. The topological polar surface area (TPSA) is 52.0 Å². The van der Waals surface area contributed by atoms with Crippen molar-refractivity contribution in [1.29, 1.82) is 0 Å². The lowest BCUT2D eigenvalue weighted by molar-refractivity contribution is 0.426. The van der Waals surface area contributed by atoms with Gasteiger partial charge in [0.15, 0.2) is 0 Å². The Balaban J connectivity index is 1.87. The van der Waals surface area contributed by atoms with Crippen LogP contribution in [0.25, 0.3) is 0 Å². The lowest BCUT2D eigenvalue weighted by Crippen LogP contribution is -1.91. The van der Waals surface area contributed by atoms with Gasteiger partial charge >= 0.3 is 0 Å². The molecule has 0 radical (unpaired) electrons. The molecule has 0 bridgehead atoms. The van der Waals surface area contributed by atoms with Gasteiger partial charge in [0.05, 0.1) is 5.69 Å². The molecule has 0 amide bonds. The Labute approximate surface area is 83.6 Å². The summed E-state index contributed by atoms with van der Waals surface area (Å²) < 4.78 is 5.03. The molecular weight excluding hydrogens is 176 g/mol. The van der Waals surface area contributed by atoms with Crippen LogP contribution in [0.3, 0.4) is 0 Å². The molecule has 3 nitrogen and oxygen atoms in total. The van der Waals surface area contributed by atoms with Crippen LogP contribution in [0.4, 0.5) is 5.88 Å². The lowest BCUT2D eigenvalue weighted by atomic mass is 10.0. The first kappa shape index (κ1) is 8.33. The maximum absolute atomic E-state index is 5.67. The highest BCUT2D eigenvalue weighted by molar-refractivity contribution is 5.41. The summed E-state index contributed by atoms with van der Waals surface area (Å²) in [6.07, 6.45) is 5.54. The molecule has 2 atom stereocenters. The van der Waals surface area contributed by atoms with Crippen LogP contribution in [0.2, 0.25) is 0 Å². The normalized spacial score (nSPS) is 35.4. The Morgan fingerprint density at radius 3 is 2.43 bits per heavy atom. The molecule has 0 aliphatic heterocycles. The molecule has 1 heterocycles. The zero-order chi connectivity index (χ0) is 9.71. The minimum atomic E-state index is 0.503. The van der Waals surface area contributed by atoms with Gasteiger partial charge < -0.3 is 10.3 Å². The third kappa shape index (κ3) is 1.01. The second kappa shape index (κ2) is 2.75. The molecule has 3 rings (SSSR count). The van der Waals surface area contributed by atoms with Gasteiger partial charge in [-0.05, 0) is 31.6 Å². The first-order valence-corrected chi connectivity index (χ1v) is 5.50. The average molecular weight is 192 g/mol. The van der Waals surface area contributed by atoms with Crippen LogP contribution < -0.4 is 5.73 Å². The van der Waals surface area contributed by atoms with Crippen molar-refractivity contribution in [3.8, 4) is 0 Å². The third-order valence-electron chi connectivity index (χ3n) is 3.97. The largest absolute Gasteiger partial charge is 0.367 e. The Hall–Kier alpha value is -0.990. The number of nitrogens with two attached hydrogens (primary N) is 1. The van der Waals surface area contributed by atoms with E-state index in [-0.39, 0.29) is 0 Å². The van der Waals surface area contributed by atoms with Gasteiger partial charge in [0, 0.05) is 11.5 Å². The SMILES string of the molecule is Cc1c(C2C3CCCCC32)noc1N. The summed E-state index contributed by atoms with van der Waals surface area (Å²) in [6.45, 7) is 2.02. The summed E-state index contributed by atoms with van der Waals surface area (Å²) in [6, 6.07) is 0. The average Bonchev–Trinajstić information content (AvgIpc) is 2.84. The molecule has 14 heavy (non-hydrogen) atoms. The second-order valence-corrected chi connectivity index (χ2v) is 4.70. The smallest absolute Gasteiger partial charge is 0.225 e. The highest BCUT2D eigenvalue weighted by Gasteiger charge is 2.53. The maximum Gasteiger partial charge on any atom is 0.225 e. The van der Waals surface area contributed by atoms with E-state index in [1.165, 1.54) is 25.7 Å². The molecular formula is C11H16N2O. The molecule has 2 fully saturated rings. The van der Waals surface area contributed by atoms with Gasteiger partial charge in [-0.2, -0.15) is 0 Å². The molecule has 2 aliphatic carbocycles. The van der Waals surface area contributed by atoms with Crippen molar-refractivity contribution >= 4 is 5.88 Å². The summed E-state index contributed by atoms with van der Waals surface area (Å²) in [4.78, 5) is 0. The predicted molar refractivity (Wildman–Crippen MR) is 53.8 cm³/mol. The fourth-order valence-corrected chi connectivity index (χ4v) is 3.07. The number of fused-ring (bicyclic) bond motifs is 1. The van der Waals surface area contributed by atoms with E-state index in [9.17, 15) is 0 Å². The van der Waals surface area contributed by atoms with Crippen molar-refractivity contribution in [3.63, 3.8) is 0 Å². The van der Waals surface area contributed by atoms with E-state index in [0.717, 1.165) is 23.1 Å². The van der Waals surface area contributed by atoms with Crippen molar-refractivity contribution < 1.29 is 4.52 Å². The van der Waals surface area contributed by atoms with Crippen LogP contribution in [0.5, 0.6) is 0 Å². The molecule has 0 spiro atoms. The van der Waals surface area contributed by atoms with Crippen molar-refractivity contribution in [3.05, 3.63) is 11.3 Å². The number of anilines is 1. The highest BCUT2D eigenvalue weighted by Crippen LogP contribution is 2.61. The van der Waals surface area contributed by atoms with Gasteiger partial charge in [-0.1, -0.05) is 18.0 Å². The fourth-order valence-electron chi connectivity index (χ4n) is 3.07. The van der Waals surface area contributed by atoms with E-state index in [1.54, 1.807) is 0 Å². The van der Waals surface area contributed by atoms with Gasteiger partial charge in [0.1, 0.15) is 0 Å². The van der Waals surface area contributed by atoms with Crippen LogP contribution in [0.1, 0.15) is 42.9 Å². The van der Waals surface area contributed by atoms with Crippen LogP contribution in [-0.4, -0.2) is 5.16 Å². The van der Waals surface area contributed by atoms with Crippen LogP contribution in [0, 0.1) is 18.8 Å². The number of hydrogen-bond donors (Lipinski definition) is 1. The van der Waals surface area contributed by atoms with Crippen molar-refractivity contribution in [1.82, 2.24) is 5.16 Å². The van der Waals surface area contributed by atoms with E-state index in [4.69, 9.17) is 10.3 Å². The molecule has 2 aliphatic rings. The highest BCUT2D eigenvalue weighted by atomic mass is 16.5. The lowest BCUT2D eigenvalue weighted by Gasteiger charge is -2.04. The zero-order valence-electron chi connectivity index (χ0n) is 8.49. The first-order chi connectivity index (χ1) is 6.79. The van der Waals surface area contributed by atoms with Gasteiger partial charge in [-0.25, -0.2) is 0 Å². The van der Waals surface area contributed by atoms with E-state index in [0.29, 0.717) is 11.8 Å². The van der Waals surface area contributed by atoms with E-state index in [1.807, 2.05) is 6.92 Å². The number of rotatable bonds is 1. The summed E-state index contributed by atoms with van der Waals surface area (Å²) in [7, 11) is 0. The molecule has 2 unspecified atom stereocenters. The molecule has 2 N–H and O–H groups in total. The number of hydrogen-bond acceptors (Lipinski definition) is 3. The van der Waals surface area contributed by atoms with Crippen LogP contribution >= 0.6 is 0 Å². The van der Waals surface area contributed by atoms with E-state index < -0.39 is 0 Å². The number of nitrogens with zero attached hydrogens (tertiary/aromatic N) is 1. The molecule has 1 aromatic heterocycles. The van der Waals surface area contributed by atoms with E-state index >= 15 is 0 Å². The number of nitrogen functional groups attached to an aromatic ring is 1. The molecule has 76 valence electrons. The van der Waals surface area contributed by atoms with Crippen LogP contribution in [0.15, 0.2) is 4.52 Å². The Morgan fingerprint density at radius 1 is 1.29 bits per heavy atom. The summed E-state index contributed by atoms with van der Waals surface area (Å²) in [5, 5.41) is 4.10. The Morgan fingerprint density at radius 2 is 1.93 bits per heavy atom. The zero-order valence-corrected chi connectivity index (χ0v) is 8.49. The Kier molecular flexibility index (Phi) is 1.64. The summed E-state index contributed by atoms with van der Waals surface area (Å²) >= 11 is 0. The first-order valence-electron chi connectivity index (χ1n) is 5.50. The van der Waals surface area contributed by atoms with Gasteiger partial charge in [0.2, 0.25) is 5.88 Å². The summed E-state index contributed by atoms with van der Waals surface area (Å²) in [5.41, 5.74) is 7.88. The number of aromatic nitrogens is 1. The van der Waals surface area contributed by atoms with Crippen molar-refractivity contribution in [2.24, 2.45) is 11.8 Å². The molecule has 3 heteroatoms. The summed E-state index contributed by atoms with van der Waals surface area (Å²) in [5.74, 6) is 2.93. The van der Waals surface area contributed by atoms with Crippen LogP contribution in [-0.2, 0) is 0 Å². The molecule has 2 saturated carbocycles. The standard InChI is InChI=1S/C11H16N2O/c1-6-10(13-14-11(6)12)9-7-4-2-3-5-8(7)9/h7-9H,2-5,12H2,1H3. The molecule has 1 aromatic rings. The van der Waals surface area contributed by atoms with E-state index in [2.05, 4.69) is 5.16 Å². The minimum absolute atomic E-state index is 0.503. The quantitative estimate of drug-likeness (QED) is 0.743. The maximum atomic E-state index is 5.67.